The third kappa shape index (κ3) is 5.16. The lowest BCUT2D eigenvalue weighted by Crippen LogP contribution is -2.25. The van der Waals surface area contributed by atoms with E-state index in [9.17, 15) is 19.5 Å². The first kappa shape index (κ1) is 20.6. The van der Waals surface area contributed by atoms with Crippen LogP contribution < -0.4 is 5.32 Å². The first-order valence-electron chi connectivity index (χ1n) is 9.27. The molecule has 1 heterocycles. The molecule has 27 heavy (non-hydrogen) atoms. The SMILES string of the molecule is CC(=O)[C@H](C)C[C@@H](C)C[C@H](C)C(=O)C1=C(O)/C(=C/c2ccccc2)NC1=O. The van der Waals surface area contributed by atoms with Gasteiger partial charge >= 0.3 is 0 Å². The van der Waals surface area contributed by atoms with Crippen molar-refractivity contribution in [2.75, 3.05) is 0 Å². The number of aliphatic hydroxyl groups is 1. The fourth-order valence-corrected chi connectivity index (χ4v) is 3.36. The van der Waals surface area contributed by atoms with Crippen molar-refractivity contribution in [1.29, 1.82) is 0 Å². The summed E-state index contributed by atoms with van der Waals surface area (Å²) < 4.78 is 0. The van der Waals surface area contributed by atoms with Crippen molar-refractivity contribution in [2.24, 2.45) is 17.8 Å². The first-order chi connectivity index (χ1) is 12.7. The van der Waals surface area contributed by atoms with Gasteiger partial charge in [-0.05, 0) is 37.3 Å². The number of amides is 1. The Kier molecular flexibility index (Phi) is 6.72. The zero-order valence-electron chi connectivity index (χ0n) is 16.3. The monoisotopic (exact) mass is 369 g/mol. The number of carbonyl (C=O) groups is 3. The van der Waals surface area contributed by atoms with Crippen LogP contribution in [-0.2, 0) is 14.4 Å². The standard InChI is InChI=1S/C22H27NO4/c1-13(10-14(2)16(4)24)11-15(3)20(25)19-21(26)18(23-22(19)27)12-17-8-6-5-7-9-17/h5-9,12-15,26H,10-11H2,1-4H3,(H,23,27)/b18-12-/t13-,14-,15+/m1/s1. The number of Topliss-reactive ketones (excluding diaryl/α,β-unsaturated/α-hetero) is 2. The molecule has 3 atom stereocenters. The highest BCUT2D eigenvalue weighted by Crippen LogP contribution is 2.27. The Hall–Kier alpha value is -2.69. The normalized spacial score (nSPS) is 19.0. The molecule has 144 valence electrons. The molecule has 1 amide bonds. The first-order valence-corrected chi connectivity index (χ1v) is 9.27. The molecule has 0 aromatic heterocycles. The van der Waals surface area contributed by atoms with E-state index in [1.807, 2.05) is 44.2 Å². The van der Waals surface area contributed by atoms with Gasteiger partial charge in [0.2, 0.25) is 0 Å². The van der Waals surface area contributed by atoms with E-state index >= 15 is 0 Å². The average molecular weight is 369 g/mol. The number of hydrogen-bond donors (Lipinski definition) is 2. The highest BCUT2D eigenvalue weighted by molar-refractivity contribution is 6.23. The minimum Gasteiger partial charge on any atom is -0.505 e. The number of aliphatic hydroxyl groups excluding tert-OH is 1. The highest BCUT2D eigenvalue weighted by Gasteiger charge is 2.35. The summed E-state index contributed by atoms with van der Waals surface area (Å²) in [6, 6.07) is 9.25. The van der Waals surface area contributed by atoms with Crippen molar-refractivity contribution in [3.63, 3.8) is 0 Å². The average Bonchev–Trinajstić information content (AvgIpc) is 2.88. The van der Waals surface area contributed by atoms with Crippen molar-refractivity contribution < 1.29 is 19.5 Å². The van der Waals surface area contributed by atoms with E-state index in [1.54, 1.807) is 19.9 Å². The van der Waals surface area contributed by atoms with Gasteiger partial charge in [-0.3, -0.25) is 14.4 Å². The Bertz CT molecular complexity index is 792. The van der Waals surface area contributed by atoms with E-state index in [4.69, 9.17) is 0 Å². The lowest BCUT2D eigenvalue weighted by Gasteiger charge is -2.18. The van der Waals surface area contributed by atoms with Gasteiger partial charge in [0.25, 0.3) is 5.91 Å². The topological polar surface area (TPSA) is 83.5 Å². The molecule has 0 radical (unpaired) electrons. The molecule has 1 aromatic rings. The maximum Gasteiger partial charge on any atom is 0.263 e. The smallest absolute Gasteiger partial charge is 0.263 e. The van der Waals surface area contributed by atoms with Gasteiger partial charge in [-0.1, -0.05) is 51.1 Å². The Labute approximate surface area is 160 Å². The molecule has 0 bridgehead atoms. The number of nitrogens with one attached hydrogen (secondary N) is 1. The van der Waals surface area contributed by atoms with E-state index in [1.165, 1.54) is 0 Å². The predicted octanol–water partition coefficient (Wildman–Crippen LogP) is 3.82. The Morgan fingerprint density at radius 3 is 2.26 bits per heavy atom. The summed E-state index contributed by atoms with van der Waals surface area (Å²) in [5.41, 5.74) is 0.865. The molecule has 0 aliphatic carbocycles. The van der Waals surface area contributed by atoms with Crippen LogP contribution in [0.25, 0.3) is 6.08 Å². The maximum atomic E-state index is 12.7. The summed E-state index contributed by atoms with van der Waals surface area (Å²) in [4.78, 5) is 36.4. The fraction of sp³-hybridized carbons (Fsp3) is 0.409. The summed E-state index contributed by atoms with van der Waals surface area (Å²) in [6.45, 7) is 7.19. The minimum absolute atomic E-state index is 0.0508. The number of hydrogen-bond acceptors (Lipinski definition) is 4. The van der Waals surface area contributed by atoms with Crippen LogP contribution in [0.15, 0.2) is 47.4 Å². The fourth-order valence-electron chi connectivity index (χ4n) is 3.36. The second-order valence-corrected chi connectivity index (χ2v) is 7.50. The van der Waals surface area contributed by atoms with Crippen LogP contribution in [-0.4, -0.2) is 22.6 Å². The van der Waals surface area contributed by atoms with E-state index < -0.39 is 11.8 Å². The molecule has 5 nitrogen and oxygen atoms in total. The van der Waals surface area contributed by atoms with Crippen LogP contribution in [0.2, 0.25) is 0 Å². The molecule has 5 heteroatoms. The van der Waals surface area contributed by atoms with Crippen molar-refractivity contribution in [3.05, 3.63) is 52.9 Å². The number of benzene rings is 1. The molecular weight excluding hydrogens is 342 g/mol. The number of ketones is 2. The van der Waals surface area contributed by atoms with Crippen LogP contribution in [0.4, 0.5) is 0 Å². The zero-order valence-corrected chi connectivity index (χ0v) is 16.3. The molecule has 0 fully saturated rings. The van der Waals surface area contributed by atoms with Crippen LogP contribution in [0.5, 0.6) is 0 Å². The summed E-state index contributed by atoms with van der Waals surface area (Å²) in [6.07, 6.45) is 2.89. The molecule has 2 rings (SSSR count). The molecule has 0 saturated heterocycles. The molecular formula is C22H27NO4. The van der Waals surface area contributed by atoms with E-state index in [0.717, 1.165) is 5.56 Å². The van der Waals surface area contributed by atoms with Gasteiger partial charge in [0.15, 0.2) is 11.5 Å². The van der Waals surface area contributed by atoms with Crippen LogP contribution in [0, 0.1) is 17.8 Å². The van der Waals surface area contributed by atoms with Crippen molar-refractivity contribution >= 4 is 23.5 Å². The maximum absolute atomic E-state index is 12.7. The zero-order chi connectivity index (χ0) is 20.1. The molecule has 1 aromatic carbocycles. The minimum atomic E-state index is -0.573. The molecule has 0 saturated carbocycles. The van der Waals surface area contributed by atoms with Crippen LogP contribution >= 0.6 is 0 Å². The summed E-state index contributed by atoms with van der Waals surface area (Å²) in [5, 5.41) is 13.0. The molecule has 1 aliphatic heterocycles. The molecule has 2 N–H and O–H groups in total. The lowest BCUT2D eigenvalue weighted by molar-refractivity contribution is -0.124. The van der Waals surface area contributed by atoms with Gasteiger partial charge in [-0.25, -0.2) is 0 Å². The number of rotatable bonds is 8. The quantitative estimate of drug-likeness (QED) is 0.683. The third-order valence-corrected chi connectivity index (χ3v) is 4.98. The van der Waals surface area contributed by atoms with Gasteiger partial charge in [0, 0.05) is 11.8 Å². The van der Waals surface area contributed by atoms with Crippen LogP contribution in [0.3, 0.4) is 0 Å². The Morgan fingerprint density at radius 2 is 1.67 bits per heavy atom. The summed E-state index contributed by atoms with van der Waals surface area (Å²) in [7, 11) is 0. The second-order valence-electron chi connectivity index (χ2n) is 7.50. The molecule has 1 aliphatic rings. The summed E-state index contributed by atoms with van der Waals surface area (Å²) >= 11 is 0. The van der Waals surface area contributed by atoms with Gasteiger partial charge in [0.1, 0.15) is 11.4 Å². The largest absolute Gasteiger partial charge is 0.505 e. The molecule has 0 spiro atoms. The van der Waals surface area contributed by atoms with Gasteiger partial charge in [0.05, 0.1) is 5.70 Å². The van der Waals surface area contributed by atoms with E-state index in [0.29, 0.717) is 12.8 Å². The molecule has 0 unspecified atom stereocenters. The predicted molar refractivity (Wildman–Crippen MR) is 105 cm³/mol. The van der Waals surface area contributed by atoms with Gasteiger partial charge < -0.3 is 10.4 Å². The summed E-state index contributed by atoms with van der Waals surface area (Å²) in [5.74, 6) is -1.42. The van der Waals surface area contributed by atoms with Crippen molar-refractivity contribution in [1.82, 2.24) is 5.32 Å². The number of carbonyl (C=O) groups excluding carboxylic acids is 3. The highest BCUT2D eigenvalue weighted by atomic mass is 16.3. The van der Waals surface area contributed by atoms with Gasteiger partial charge in [-0.2, -0.15) is 0 Å². The third-order valence-electron chi connectivity index (χ3n) is 4.98. The van der Waals surface area contributed by atoms with E-state index in [2.05, 4.69) is 5.32 Å². The van der Waals surface area contributed by atoms with E-state index in [-0.39, 0.29) is 40.4 Å². The lowest BCUT2D eigenvalue weighted by atomic mass is 9.85. The Morgan fingerprint density at radius 1 is 1.07 bits per heavy atom. The van der Waals surface area contributed by atoms with Crippen molar-refractivity contribution in [2.45, 2.75) is 40.5 Å². The second kappa shape index (κ2) is 8.80. The van der Waals surface area contributed by atoms with Gasteiger partial charge in [-0.15, -0.1) is 0 Å². The Balaban J connectivity index is 2.13. The van der Waals surface area contributed by atoms with Crippen molar-refractivity contribution in [3.8, 4) is 0 Å². The van der Waals surface area contributed by atoms with Crippen LogP contribution in [0.1, 0.15) is 46.1 Å².